The molecule has 0 spiro atoms. The van der Waals surface area contributed by atoms with E-state index >= 15 is 0 Å². The number of rotatable bonds is 14. The van der Waals surface area contributed by atoms with E-state index in [4.69, 9.17) is 19.9 Å². The van der Waals surface area contributed by atoms with E-state index in [-0.39, 0.29) is 66.7 Å². The van der Waals surface area contributed by atoms with E-state index in [1.165, 1.54) is 36.7 Å². The van der Waals surface area contributed by atoms with Crippen molar-refractivity contribution < 1.29 is 36.2 Å². The molecule has 0 saturated carbocycles. The fourth-order valence-electron chi connectivity index (χ4n) is 3.91. The van der Waals surface area contributed by atoms with E-state index in [0.29, 0.717) is 9.13 Å². The first-order chi connectivity index (χ1) is 18.5. The zero-order valence-electron chi connectivity index (χ0n) is 21.5. The van der Waals surface area contributed by atoms with Crippen molar-refractivity contribution >= 4 is 38.5 Å². The molecule has 0 atom stereocenters. The van der Waals surface area contributed by atoms with Crippen LogP contribution in [0.1, 0.15) is 27.0 Å². The topological polar surface area (TPSA) is 108 Å². The summed E-state index contributed by atoms with van der Waals surface area (Å²) in [7, 11) is -0.772. The number of halogens is 3. The fourth-order valence-corrected chi connectivity index (χ4v) is 5.85. The van der Waals surface area contributed by atoms with Crippen LogP contribution in [0.5, 0.6) is 11.5 Å². The molecule has 1 amide bonds. The maximum atomic E-state index is 14.6. The number of carbonyl (C=O) groups is 1. The molecule has 3 rings (SSSR count). The lowest BCUT2D eigenvalue weighted by molar-refractivity contribution is 0.0997. The second-order valence-corrected chi connectivity index (χ2v) is 11.8. The van der Waals surface area contributed by atoms with Gasteiger partial charge in [-0.3, -0.25) is 4.79 Å². The van der Waals surface area contributed by atoms with E-state index in [2.05, 4.69) is 0 Å². The van der Waals surface area contributed by atoms with Gasteiger partial charge in [-0.1, -0.05) is 18.2 Å². The number of hydrogen-bond donors (Lipinski definition) is 1. The zero-order chi connectivity index (χ0) is 28.6. The van der Waals surface area contributed by atoms with Crippen molar-refractivity contribution in [2.45, 2.75) is 12.2 Å². The maximum absolute atomic E-state index is 14.6. The summed E-state index contributed by atoms with van der Waals surface area (Å²) in [4.78, 5) is 12.4. The Balaban J connectivity index is 1.90. The van der Waals surface area contributed by atoms with E-state index < -0.39 is 27.6 Å². The van der Waals surface area contributed by atoms with Crippen molar-refractivity contribution in [2.75, 3.05) is 40.5 Å². The van der Waals surface area contributed by atoms with E-state index in [1.807, 2.05) is 22.6 Å². The summed E-state index contributed by atoms with van der Waals surface area (Å²) in [6, 6.07) is 12.9. The monoisotopic (exact) mass is 674 g/mol. The summed E-state index contributed by atoms with van der Waals surface area (Å²) in [5, 5.41) is 0. The number of sulfonamides is 1. The van der Waals surface area contributed by atoms with E-state index in [9.17, 15) is 22.0 Å². The fraction of sp³-hybridized carbons (Fsp3) is 0.296. The summed E-state index contributed by atoms with van der Waals surface area (Å²) in [6.07, 6.45) is -0.0911. The van der Waals surface area contributed by atoms with Crippen LogP contribution in [0.25, 0.3) is 0 Å². The number of ether oxygens (including phenoxy) is 3. The number of carbonyl (C=O) groups excluding carboxylic acids is 1. The van der Waals surface area contributed by atoms with Gasteiger partial charge < -0.3 is 19.9 Å². The molecule has 0 unspecified atom stereocenters. The van der Waals surface area contributed by atoms with Crippen molar-refractivity contribution in [2.24, 2.45) is 5.73 Å². The van der Waals surface area contributed by atoms with Gasteiger partial charge in [0.05, 0.1) is 24.5 Å². The van der Waals surface area contributed by atoms with Gasteiger partial charge in [0.1, 0.15) is 23.1 Å². The smallest absolute Gasteiger partial charge is 0.252 e. The van der Waals surface area contributed by atoms with Crippen molar-refractivity contribution in [1.82, 2.24) is 4.31 Å². The summed E-state index contributed by atoms with van der Waals surface area (Å²) in [5.41, 5.74) is 6.34. The average molecular weight is 675 g/mol. The van der Waals surface area contributed by atoms with Crippen molar-refractivity contribution in [3.8, 4) is 11.5 Å². The second kappa shape index (κ2) is 14.1. The molecule has 0 heterocycles. The SMILES string of the molecule is COCCN(CCOC)S(=O)(=O)Cc1cccc(Oc2cc(F)cc(Cc3ccc(I)cc3F)c2C(N)=O)c1. The summed E-state index contributed by atoms with van der Waals surface area (Å²) in [5.74, 6) is -2.41. The second-order valence-electron chi connectivity index (χ2n) is 8.61. The van der Waals surface area contributed by atoms with Crippen LogP contribution in [-0.4, -0.2) is 59.2 Å². The number of amides is 1. The Morgan fingerprint density at radius 3 is 2.28 bits per heavy atom. The third-order valence-electron chi connectivity index (χ3n) is 5.75. The van der Waals surface area contributed by atoms with Gasteiger partial charge in [-0.2, -0.15) is 4.31 Å². The molecule has 0 fully saturated rings. The number of primary amides is 1. The molecule has 3 aromatic carbocycles. The minimum Gasteiger partial charge on any atom is -0.456 e. The van der Waals surface area contributed by atoms with Crippen molar-refractivity contribution in [1.29, 1.82) is 0 Å². The molecule has 0 saturated heterocycles. The molecule has 0 aromatic heterocycles. The number of benzene rings is 3. The molecule has 0 aliphatic heterocycles. The highest BCUT2D eigenvalue weighted by Crippen LogP contribution is 2.31. The van der Waals surface area contributed by atoms with Crippen LogP contribution >= 0.6 is 22.6 Å². The van der Waals surface area contributed by atoms with Crippen LogP contribution in [0.4, 0.5) is 8.78 Å². The highest BCUT2D eigenvalue weighted by Gasteiger charge is 2.23. The summed E-state index contributed by atoms with van der Waals surface area (Å²) >= 11 is 1.97. The first-order valence-electron chi connectivity index (χ1n) is 11.8. The van der Waals surface area contributed by atoms with Crippen molar-refractivity contribution in [3.05, 3.63) is 92.1 Å². The lowest BCUT2D eigenvalue weighted by Crippen LogP contribution is -2.37. The quantitative estimate of drug-likeness (QED) is 0.253. The first-order valence-corrected chi connectivity index (χ1v) is 14.5. The molecule has 39 heavy (non-hydrogen) atoms. The lowest BCUT2D eigenvalue weighted by Gasteiger charge is -2.21. The Morgan fingerprint density at radius 2 is 1.67 bits per heavy atom. The third-order valence-corrected chi connectivity index (χ3v) is 8.27. The van der Waals surface area contributed by atoms with Gasteiger partial charge >= 0.3 is 0 Å². The Morgan fingerprint density at radius 1 is 0.974 bits per heavy atom. The first kappa shape index (κ1) is 30.9. The van der Waals surface area contributed by atoms with Crippen molar-refractivity contribution in [3.63, 3.8) is 0 Å². The maximum Gasteiger partial charge on any atom is 0.252 e. The van der Waals surface area contributed by atoms with Gasteiger partial charge in [-0.25, -0.2) is 17.2 Å². The van der Waals surface area contributed by atoms with Gasteiger partial charge in [-0.15, -0.1) is 0 Å². The number of methoxy groups -OCH3 is 2. The predicted molar refractivity (Wildman–Crippen MR) is 151 cm³/mol. The van der Waals surface area contributed by atoms with Gasteiger partial charge in [0.25, 0.3) is 5.91 Å². The van der Waals surface area contributed by atoms with Crippen LogP contribution in [0.15, 0.2) is 54.6 Å². The molecule has 210 valence electrons. The lowest BCUT2D eigenvalue weighted by atomic mass is 9.98. The van der Waals surface area contributed by atoms with Crippen LogP contribution in [-0.2, 0) is 31.7 Å². The van der Waals surface area contributed by atoms with E-state index in [0.717, 1.165) is 12.1 Å². The Kier molecular flexibility index (Phi) is 11.2. The van der Waals surface area contributed by atoms with Gasteiger partial charge in [-0.05, 0) is 69.6 Å². The predicted octanol–water partition coefficient (Wildman–Crippen LogP) is 4.48. The molecule has 2 N–H and O–H groups in total. The van der Waals surface area contributed by atoms with Crippen LogP contribution in [0.3, 0.4) is 0 Å². The number of hydrogen-bond acceptors (Lipinski definition) is 6. The summed E-state index contributed by atoms with van der Waals surface area (Å²) in [6.45, 7) is 0.757. The van der Waals surface area contributed by atoms with Crippen LogP contribution in [0, 0.1) is 15.2 Å². The molecule has 0 aliphatic rings. The molecular weight excluding hydrogens is 645 g/mol. The van der Waals surface area contributed by atoms with Crippen LogP contribution < -0.4 is 10.5 Å². The number of nitrogens with two attached hydrogens (primary N) is 1. The molecule has 0 aliphatic carbocycles. The van der Waals surface area contributed by atoms with Gasteiger partial charge in [0, 0.05) is 43.4 Å². The highest BCUT2D eigenvalue weighted by atomic mass is 127. The zero-order valence-corrected chi connectivity index (χ0v) is 24.4. The number of nitrogens with zero attached hydrogens (tertiary/aromatic N) is 1. The largest absolute Gasteiger partial charge is 0.456 e. The standard InChI is InChI=1S/C27H29F2IN2O6S/c1-36-10-8-32(9-11-37-2)39(34,35)17-18-4-3-5-23(12-18)38-25-15-21(28)14-20(26(25)27(31)33)13-19-6-7-22(30)16-24(19)29/h3-7,12,14-16H,8-11,13,17H2,1-2H3,(H2,31,33). The molecule has 3 aromatic rings. The van der Waals surface area contributed by atoms with Crippen LogP contribution in [0.2, 0.25) is 0 Å². The van der Waals surface area contributed by atoms with Gasteiger partial charge in [0.2, 0.25) is 10.0 Å². The third kappa shape index (κ3) is 8.67. The molecule has 0 bridgehead atoms. The molecule has 8 nitrogen and oxygen atoms in total. The minimum atomic E-state index is -3.74. The van der Waals surface area contributed by atoms with E-state index in [1.54, 1.807) is 24.3 Å². The molecule has 0 radical (unpaired) electrons. The Labute approximate surface area is 240 Å². The average Bonchev–Trinajstić information content (AvgIpc) is 2.85. The summed E-state index contributed by atoms with van der Waals surface area (Å²) < 4.78 is 73.1. The Hall–Kier alpha value is -2.65. The Bertz CT molecular complexity index is 1410. The highest BCUT2D eigenvalue weighted by molar-refractivity contribution is 14.1. The normalized spacial score (nSPS) is 11.6. The molecule has 12 heteroatoms. The molecular formula is C27H29F2IN2O6S. The minimum absolute atomic E-state index is 0.0911. The van der Waals surface area contributed by atoms with Gasteiger partial charge in [0.15, 0.2) is 0 Å².